The SMILES string of the molecule is C=CC1=C(/C=C\C)S/C(=C/C=C\C)C(=C)N1. The molecule has 1 rings (SSSR count). The highest BCUT2D eigenvalue weighted by molar-refractivity contribution is 8.07. The van der Waals surface area contributed by atoms with Gasteiger partial charge in [0.25, 0.3) is 0 Å². The summed E-state index contributed by atoms with van der Waals surface area (Å²) in [6, 6.07) is 0. The zero-order valence-corrected chi connectivity index (χ0v) is 10.6. The molecule has 0 spiro atoms. The molecule has 1 nitrogen and oxygen atoms in total. The minimum absolute atomic E-state index is 0.922. The smallest absolute Gasteiger partial charge is 0.0520 e. The summed E-state index contributed by atoms with van der Waals surface area (Å²) in [6.07, 6.45) is 12.0. The Bertz CT molecular complexity index is 408. The number of rotatable bonds is 3. The Kier molecular flexibility index (Phi) is 4.93. The molecule has 0 radical (unpaired) electrons. The van der Waals surface area contributed by atoms with Crippen molar-refractivity contribution in [2.24, 2.45) is 0 Å². The zero-order chi connectivity index (χ0) is 12.0. The second-order valence-electron chi connectivity index (χ2n) is 3.24. The van der Waals surface area contributed by atoms with Crippen LogP contribution in [0.5, 0.6) is 0 Å². The van der Waals surface area contributed by atoms with Gasteiger partial charge in [0.15, 0.2) is 0 Å². The molecule has 16 heavy (non-hydrogen) atoms. The Labute approximate surface area is 102 Å². The van der Waals surface area contributed by atoms with E-state index in [-0.39, 0.29) is 0 Å². The number of nitrogens with one attached hydrogen (secondary N) is 1. The van der Waals surface area contributed by atoms with E-state index in [0.29, 0.717) is 0 Å². The van der Waals surface area contributed by atoms with Crippen LogP contribution in [0.4, 0.5) is 0 Å². The number of hydrogen-bond donors (Lipinski definition) is 1. The summed E-state index contributed by atoms with van der Waals surface area (Å²) >= 11 is 1.71. The lowest BCUT2D eigenvalue weighted by molar-refractivity contribution is 1.03. The Morgan fingerprint density at radius 1 is 1.25 bits per heavy atom. The predicted octanol–water partition coefficient (Wildman–Crippen LogP) is 4.27. The quantitative estimate of drug-likeness (QED) is 0.778. The van der Waals surface area contributed by atoms with Crippen molar-refractivity contribution in [3.05, 3.63) is 70.8 Å². The number of allylic oxidation sites excluding steroid dienone is 6. The van der Waals surface area contributed by atoms with Gasteiger partial charge in [0, 0.05) is 15.5 Å². The van der Waals surface area contributed by atoms with Gasteiger partial charge in [0.1, 0.15) is 0 Å². The molecule has 1 heterocycles. The van der Waals surface area contributed by atoms with Crippen LogP contribution in [0.2, 0.25) is 0 Å². The van der Waals surface area contributed by atoms with Crippen LogP contribution >= 0.6 is 11.8 Å². The molecule has 0 unspecified atom stereocenters. The first-order chi connectivity index (χ1) is 7.72. The molecule has 84 valence electrons. The van der Waals surface area contributed by atoms with E-state index in [1.807, 2.05) is 38.2 Å². The summed E-state index contributed by atoms with van der Waals surface area (Å²) < 4.78 is 0. The fraction of sp³-hybridized carbons (Fsp3) is 0.143. The second kappa shape index (κ2) is 6.23. The first-order valence-electron chi connectivity index (χ1n) is 5.19. The fourth-order valence-electron chi connectivity index (χ4n) is 1.27. The highest BCUT2D eigenvalue weighted by Crippen LogP contribution is 2.36. The molecule has 2 heteroatoms. The Hall–Kier alpha value is -1.41. The summed E-state index contributed by atoms with van der Waals surface area (Å²) in [4.78, 5) is 2.30. The fourth-order valence-corrected chi connectivity index (χ4v) is 2.27. The molecule has 1 N–H and O–H groups in total. The topological polar surface area (TPSA) is 12.0 Å². The lowest BCUT2D eigenvalue weighted by Gasteiger charge is -2.22. The summed E-state index contributed by atoms with van der Waals surface area (Å²) in [5.41, 5.74) is 1.94. The van der Waals surface area contributed by atoms with Crippen LogP contribution < -0.4 is 5.32 Å². The van der Waals surface area contributed by atoms with Gasteiger partial charge in [-0.1, -0.05) is 49.2 Å². The Morgan fingerprint density at radius 2 is 2.00 bits per heavy atom. The van der Waals surface area contributed by atoms with E-state index < -0.39 is 0 Å². The van der Waals surface area contributed by atoms with Crippen molar-refractivity contribution >= 4 is 11.8 Å². The molecule has 0 aliphatic carbocycles. The molecule has 1 aliphatic rings. The van der Waals surface area contributed by atoms with E-state index in [1.54, 1.807) is 11.8 Å². The Morgan fingerprint density at radius 3 is 2.56 bits per heavy atom. The second-order valence-corrected chi connectivity index (χ2v) is 4.33. The third kappa shape index (κ3) is 3.04. The van der Waals surface area contributed by atoms with Crippen LogP contribution in [0.15, 0.2) is 70.8 Å². The van der Waals surface area contributed by atoms with E-state index in [4.69, 9.17) is 0 Å². The molecular weight excluding hydrogens is 214 g/mol. The van der Waals surface area contributed by atoms with Gasteiger partial charge in [-0.25, -0.2) is 0 Å². The minimum Gasteiger partial charge on any atom is -0.354 e. The van der Waals surface area contributed by atoms with E-state index in [1.165, 1.54) is 4.91 Å². The van der Waals surface area contributed by atoms with Gasteiger partial charge in [0.05, 0.1) is 5.70 Å². The Balaban J connectivity index is 3.06. The highest BCUT2D eigenvalue weighted by Gasteiger charge is 2.15. The normalized spacial score (nSPS) is 19.9. The molecule has 1 aliphatic heterocycles. The minimum atomic E-state index is 0.922. The van der Waals surface area contributed by atoms with Gasteiger partial charge < -0.3 is 5.32 Å². The molecule has 0 bridgehead atoms. The van der Waals surface area contributed by atoms with E-state index in [2.05, 4.69) is 30.6 Å². The standard InChI is InChI=1S/C14H17NS/c1-5-8-10-13-11(4)15-12(7-3)14(16-13)9-6-2/h5-10,15H,3-4H2,1-2H3/b8-5-,9-6-,13-10+. The van der Waals surface area contributed by atoms with Gasteiger partial charge in [-0.3, -0.25) is 0 Å². The average molecular weight is 231 g/mol. The lowest BCUT2D eigenvalue weighted by atomic mass is 10.3. The van der Waals surface area contributed by atoms with Crippen LogP contribution in [-0.4, -0.2) is 0 Å². The summed E-state index contributed by atoms with van der Waals surface area (Å²) in [5, 5.41) is 3.25. The zero-order valence-electron chi connectivity index (χ0n) is 9.79. The predicted molar refractivity (Wildman–Crippen MR) is 74.8 cm³/mol. The molecule has 0 atom stereocenters. The van der Waals surface area contributed by atoms with Crippen molar-refractivity contribution in [3.63, 3.8) is 0 Å². The van der Waals surface area contributed by atoms with Gasteiger partial charge in [-0.05, 0) is 26.0 Å². The summed E-state index contributed by atoms with van der Waals surface area (Å²) in [5.74, 6) is 0. The van der Waals surface area contributed by atoms with Crippen LogP contribution in [0.1, 0.15) is 13.8 Å². The third-order valence-corrected chi connectivity index (χ3v) is 3.21. The van der Waals surface area contributed by atoms with E-state index in [9.17, 15) is 0 Å². The average Bonchev–Trinajstić information content (AvgIpc) is 2.29. The lowest BCUT2D eigenvalue weighted by Crippen LogP contribution is -2.16. The van der Waals surface area contributed by atoms with Gasteiger partial charge >= 0.3 is 0 Å². The largest absolute Gasteiger partial charge is 0.354 e. The van der Waals surface area contributed by atoms with E-state index >= 15 is 0 Å². The van der Waals surface area contributed by atoms with Gasteiger partial charge in [-0.15, -0.1) is 0 Å². The first kappa shape index (κ1) is 12.7. The molecule has 0 aromatic heterocycles. The summed E-state index contributed by atoms with van der Waals surface area (Å²) in [7, 11) is 0. The number of hydrogen-bond acceptors (Lipinski definition) is 2. The molecule has 0 saturated carbocycles. The van der Waals surface area contributed by atoms with Crippen LogP contribution in [0, 0.1) is 0 Å². The molecule has 0 fully saturated rings. The van der Waals surface area contributed by atoms with Crippen molar-refractivity contribution in [1.82, 2.24) is 5.32 Å². The van der Waals surface area contributed by atoms with Crippen LogP contribution in [0.3, 0.4) is 0 Å². The maximum atomic E-state index is 4.00. The summed E-state index contributed by atoms with van der Waals surface area (Å²) in [6.45, 7) is 11.8. The third-order valence-electron chi connectivity index (χ3n) is 2.03. The molecular formula is C14H17NS. The highest BCUT2D eigenvalue weighted by atomic mass is 32.2. The van der Waals surface area contributed by atoms with Crippen LogP contribution in [0.25, 0.3) is 0 Å². The molecule has 0 amide bonds. The van der Waals surface area contributed by atoms with Crippen molar-refractivity contribution in [2.75, 3.05) is 0 Å². The maximum Gasteiger partial charge on any atom is 0.0520 e. The monoisotopic (exact) mass is 231 g/mol. The van der Waals surface area contributed by atoms with Crippen molar-refractivity contribution < 1.29 is 0 Å². The van der Waals surface area contributed by atoms with Crippen molar-refractivity contribution in [1.29, 1.82) is 0 Å². The van der Waals surface area contributed by atoms with Gasteiger partial charge in [-0.2, -0.15) is 0 Å². The molecule has 0 aromatic carbocycles. The molecule has 0 aromatic rings. The van der Waals surface area contributed by atoms with Crippen molar-refractivity contribution in [2.45, 2.75) is 13.8 Å². The molecule has 0 saturated heterocycles. The number of thioether (sulfide) groups is 1. The maximum absolute atomic E-state index is 4.00. The van der Waals surface area contributed by atoms with Crippen LogP contribution in [-0.2, 0) is 0 Å². The van der Waals surface area contributed by atoms with Gasteiger partial charge in [0.2, 0.25) is 0 Å². The first-order valence-corrected chi connectivity index (χ1v) is 6.01. The van der Waals surface area contributed by atoms with Crippen molar-refractivity contribution in [3.8, 4) is 0 Å². The van der Waals surface area contributed by atoms with E-state index in [0.717, 1.165) is 16.3 Å².